The number of aliphatic carboxylic acids is 1. The lowest BCUT2D eigenvalue weighted by Gasteiger charge is -2.30. The predicted octanol–water partition coefficient (Wildman–Crippen LogP) is -2.38. The van der Waals surface area contributed by atoms with Gasteiger partial charge in [-0.15, -0.1) is 12.6 Å². The first-order valence-electron chi connectivity index (χ1n) is 16.0. The molecule has 0 aliphatic carbocycles. The molecule has 0 aromatic carbocycles. The molecule has 31 heteroatoms. The summed E-state index contributed by atoms with van der Waals surface area (Å²) in [6, 6.07) is 0. The number of anilines is 1. The molecule has 26 nitrogen and oxygen atoms in total. The lowest BCUT2D eigenvalue weighted by atomic mass is 9.87. The number of aliphatic hydroxyl groups excluding tert-OH is 2. The van der Waals surface area contributed by atoms with Crippen LogP contribution in [0, 0.1) is 5.41 Å². The number of carboxylic acids is 1. The SMILES string of the molecule is CC(C)(COP(=O)(O)OP(=O)(O)OC[C@H]1O[C@@H](n2cnc3c(N)ncnc32)[C@H](O)[C@@H]1OP(=O)(O)O)[C@@H](O)C(=O)NCCC(=O)NCCSC(=O)/C(S)=C/CC(=O)[O-]. The van der Waals surface area contributed by atoms with Crippen molar-refractivity contribution in [3.63, 3.8) is 0 Å². The number of nitrogens with two attached hydrogens (primary N) is 1. The van der Waals surface area contributed by atoms with Crippen molar-refractivity contribution >= 4 is 87.7 Å². The Bertz CT molecular complexity index is 1970. The van der Waals surface area contributed by atoms with Gasteiger partial charge in [0.1, 0.15) is 36.3 Å². The molecular formula is C26H39N7O19P3S2-. The molecule has 3 heterocycles. The maximum atomic E-state index is 12.7. The van der Waals surface area contributed by atoms with Crippen LogP contribution in [0.4, 0.5) is 5.82 Å². The highest BCUT2D eigenvalue weighted by molar-refractivity contribution is 8.15. The van der Waals surface area contributed by atoms with E-state index in [1.807, 2.05) is 0 Å². The van der Waals surface area contributed by atoms with Crippen molar-refractivity contribution in [1.29, 1.82) is 0 Å². The fourth-order valence-electron chi connectivity index (χ4n) is 4.61. The highest BCUT2D eigenvalue weighted by Gasteiger charge is 2.50. The number of imidazole rings is 1. The number of rotatable bonds is 22. The summed E-state index contributed by atoms with van der Waals surface area (Å²) in [6.45, 7) is 0.118. The Kier molecular flexibility index (Phi) is 17.3. The van der Waals surface area contributed by atoms with Crippen molar-refractivity contribution in [3.8, 4) is 0 Å². The van der Waals surface area contributed by atoms with Crippen LogP contribution < -0.4 is 21.5 Å². The first-order chi connectivity index (χ1) is 26.3. The van der Waals surface area contributed by atoms with E-state index in [0.29, 0.717) is 0 Å². The molecule has 0 spiro atoms. The minimum absolute atomic E-state index is 0.0163. The zero-order valence-electron chi connectivity index (χ0n) is 29.6. The van der Waals surface area contributed by atoms with Crippen molar-refractivity contribution in [3.05, 3.63) is 23.6 Å². The number of aliphatic hydroxyl groups is 2. The lowest BCUT2D eigenvalue weighted by Crippen LogP contribution is -2.46. The van der Waals surface area contributed by atoms with Crippen LogP contribution in [0.15, 0.2) is 23.6 Å². The number of nitrogens with one attached hydrogen (secondary N) is 2. The maximum absolute atomic E-state index is 12.7. The van der Waals surface area contributed by atoms with Gasteiger partial charge < -0.3 is 60.8 Å². The summed E-state index contributed by atoms with van der Waals surface area (Å²) >= 11 is 4.66. The Morgan fingerprint density at radius 3 is 2.42 bits per heavy atom. The minimum atomic E-state index is -5.60. The van der Waals surface area contributed by atoms with Gasteiger partial charge in [0, 0.05) is 43.1 Å². The summed E-state index contributed by atoms with van der Waals surface area (Å²) in [6.07, 6.45) is -6.57. The fraction of sp³-hybridized carbons (Fsp3) is 0.577. The molecule has 1 fully saturated rings. The van der Waals surface area contributed by atoms with Crippen molar-refractivity contribution in [2.45, 2.75) is 57.3 Å². The summed E-state index contributed by atoms with van der Waals surface area (Å²) in [5.41, 5.74) is 4.18. The van der Waals surface area contributed by atoms with E-state index in [1.54, 1.807) is 0 Å². The van der Waals surface area contributed by atoms with E-state index in [2.05, 4.69) is 47.0 Å². The van der Waals surface area contributed by atoms with Crippen LogP contribution in [0.5, 0.6) is 0 Å². The van der Waals surface area contributed by atoms with Gasteiger partial charge in [-0.25, -0.2) is 28.6 Å². The van der Waals surface area contributed by atoms with Gasteiger partial charge in [-0.05, 0) is 0 Å². The largest absolute Gasteiger partial charge is 0.550 e. The molecule has 2 amide bonds. The number of carbonyl (C=O) groups excluding carboxylic acids is 4. The maximum Gasteiger partial charge on any atom is 0.481 e. The molecule has 0 saturated carbocycles. The summed E-state index contributed by atoms with van der Waals surface area (Å²) in [5, 5.41) is 36.1. The van der Waals surface area contributed by atoms with Crippen LogP contribution in [-0.4, -0.2) is 129 Å². The first kappa shape index (κ1) is 48.5. The minimum Gasteiger partial charge on any atom is -0.550 e. The van der Waals surface area contributed by atoms with Gasteiger partial charge in [0.25, 0.3) is 0 Å². The molecule has 1 aliphatic heterocycles. The third-order valence-electron chi connectivity index (χ3n) is 7.41. The van der Waals surface area contributed by atoms with Gasteiger partial charge in [-0.3, -0.25) is 32.5 Å². The number of phosphoric acid groups is 3. The van der Waals surface area contributed by atoms with Crippen molar-refractivity contribution < 1.29 is 90.4 Å². The van der Waals surface area contributed by atoms with Crippen molar-refractivity contribution in [2.24, 2.45) is 5.41 Å². The van der Waals surface area contributed by atoms with E-state index in [0.717, 1.165) is 35.1 Å². The van der Waals surface area contributed by atoms with E-state index in [1.165, 1.54) is 13.8 Å². The fourth-order valence-corrected chi connectivity index (χ4v) is 8.35. The second kappa shape index (κ2) is 20.4. The second-order valence-electron chi connectivity index (χ2n) is 12.4. The summed E-state index contributed by atoms with van der Waals surface area (Å²) < 4.78 is 61.9. The van der Waals surface area contributed by atoms with Crippen LogP contribution >= 0.6 is 47.9 Å². The first-order valence-corrected chi connectivity index (χ1v) is 21.9. The normalized spacial score (nSPS) is 21.7. The molecule has 57 heavy (non-hydrogen) atoms. The molecule has 0 bridgehead atoms. The number of thioether (sulfide) groups is 1. The quantitative estimate of drug-likeness (QED) is 0.0255. The Morgan fingerprint density at radius 1 is 1.11 bits per heavy atom. The van der Waals surface area contributed by atoms with Gasteiger partial charge in [-0.1, -0.05) is 31.7 Å². The topological polar surface area (TPSA) is 404 Å². The van der Waals surface area contributed by atoms with Crippen molar-refractivity contribution in [1.82, 2.24) is 30.2 Å². The predicted molar refractivity (Wildman–Crippen MR) is 194 cm³/mol. The van der Waals surface area contributed by atoms with Gasteiger partial charge >= 0.3 is 23.5 Å². The second-order valence-corrected chi connectivity index (χ2v) is 18.2. The third-order valence-corrected chi connectivity index (χ3v) is 11.9. The number of aromatic nitrogens is 4. The smallest absolute Gasteiger partial charge is 0.481 e. The third kappa shape index (κ3) is 15.0. The monoisotopic (exact) mass is 910 g/mol. The highest BCUT2D eigenvalue weighted by Crippen LogP contribution is 2.61. The molecular weight excluding hydrogens is 871 g/mol. The van der Waals surface area contributed by atoms with Gasteiger partial charge in [0.15, 0.2) is 17.7 Å². The molecule has 1 saturated heterocycles. The number of carboxylic acid groups (broad SMARTS) is 1. The van der Waals surface area contributed by atoms with E-state index in [4.69, 9.17) is 19.5 Å². The van der Waals surface area contributed by atoms with E-state index >= 15 is 0 Å². The summed E-state index contributed by atoms with van der Waals surface area (Å²) in [5.74, 6) is -2.89. The molecule has 0 radical (unpaired) electrons. The van der Waals surface area contributed by atoms with Gasteiger partial charge in [0.2, 0.25) is 16.9 Å². The molecule has 10 N–H and O–H groups in total. The van der Waals surface area contributed by atoms with Gasteiger partial charge in [-0.2, -0.15) is 4.31 Å². The number of hydrogen-bond donors (Lipinski definition) is 10. The highest BCUT2D eigenvalue weighted by atomic mass is 32.2. The Labute approximate surface area is 331 Å². The number of ether oxygens (including phenoxy) is 1. The van der Waals surface area contributed by atoms with Crippen LogP contribution in [0.1, 0.15) is 32.9 Å². The van der Waals surface area contributed by atoms with Crippen LogP contribution in [0.3, 0.4) is 0 Å². The lowest BCUT2D eigenvalue weighted by molar-refractivity contribution is -0.304. The number of amides is 2. The van der Waals surface area contributed by atoms with E-state index in [-0.39, 0.29) is 47.2 Å². The molecule has 320 valence electrons. The Balaban J connectivity index is 1.48. The van der Waals surface area contributed by atoms with Crippen LogP contribution in [0.25, 0.3) is 11.2 Å². The van der Waals surface area contributed by atoms with Crippen molar-refractivity contribution in [2.75, 3.05) is 37.8 Å². The molecule has 3 rings (SSSR count). The molecule has 2 aromatic rings. The molecule has 1 aliphatic rings. The number of fused-ring (bicyclic) bond motifs is 1. The summed E-state index contributed by atoms with van der Waals surface area (Å²) in [7, 11) is -16.5. The number of carbonyl (C=O) groups is 4. The van der Waals surface area contributed by atoms with Crippen LogP contribution in [-0.2, 0) is 55.5 Å². The number of thiol groups is 1. The van der Waals surface area contributed by atoms with Gasteiger partial charge in [0.05, 0.1) is 24.4 Å². The number of nitrogen functional groups attached to an aromatic ring is 1. The number of phosphoric ester groups is 3. The zero-order chi connectivity index (χ0) is 42.9. The molecule has 7 atom stereocenters. The van der Waals surface area contributed by atoms with Crippen LogP contribution in [0.2, 0.25) is 0 Å². The Morgan fingerprint density at radius 2 is 1.77 bits per heavy atom. The number of hydrogen-bond acceptors (Lipinski definition) is 21. The average Bonchev–Trinajstić information content (AvgIpc) is 3.66. The Hall–Kier alpha value is -2.88. The zero-order valence-corrected chi connectivity index (χ0v) is 34.0. The summed E-state index contributed by atoms with van der Waals surface area (Å²) in [4.78, 5) is 97.7. The number of nitrogens with zero attached hydrogens (tertiary/aromatic N) is 4. The average molecular weight is 911 g/mol. The standard InChI is InChI=1S/C26H40N7O19P3S2/c1-26(2,20(38)23(39)29-6-5-15(34)28-7-8-57-25(40)14(56)3-4-16(35)36)10-49-55(46,47)52-54(44,45)48-9-13-19(51-53(41,42)43)18(37)24(50-13)33-12-32-17-21(27)30-11-31-22(17)33/h3,11-13,18-20,24,37-38,56H,4-10H2,1-2H3,(H,28,34)(H,29,39)(H,35,36)(H,44,45)(H,46,47)(H2,27,30,31)(H2,41,42,43)/p-1/b14-3-/t13-,18-,19-,20+,24-/m1/s1. The molecule has 2 unspecified atom stereocenters. The van der Waals surface area contributed by atoms with E-state index in [9.17, 15) is 67.8 Å². The van der Waals surface area contributed by atoms with E-state index < -0.39 is 102 Å². The molecule has 2 aromatic heterocycles.